The fourth-order valence-corrected chi connectivity index (χ4v) is 2.52. The van der Waals surface area contributed by atoms with E-state index in [1.54, 1.807) is 42.5 Å². The van der Waals surface area contributed by atoms with Crippen LogP contribution in [0, 0.1) is 17.1 Å². The Morgan fingerprint density at radius 1 is 1.12 bits per heavy atom. The maximum atomic E-state index is 13.7. The van der Waals surface area contributed by atoms with Gasteiger partial charge in [0.15, 0.2) is 0 Å². The Hall–Kier alpha value is -3.20. The third-order valence-corrected chi connectivity index (χ3v) is 3.98. The van der Waals surface area contributed by atoms with Crippen LogP contribution in [-0.4, -0.2) is 29.8 Å². The van der Waals surface area contributed by atoms with E-state index in [9.17, 15) is 14.0 Å². The fourth-order valence-electron chi connectivity index (χ4n) is 2.52. The first kappa shape index (κ1) is 19.1. The van der Waals surface area contributed by atoms with Crippen LogP contribution in [0.25, 0.3) is 0 Å². The second-order valence-electron chi connectivity index (χ2n) is 5.80. The van der Waals surface area contributed by atoms with Crippen LogP contribution >= 0.6 is 0 Å². The summed E-state index contributed by atoms with van der Waals surface area (Å²) in [7, 11) is 0. The van der Waals surface area contributed by atoms with Crippen LogP contribution in [0.1, 0.15) is 24.5 Å². The second kappa shape index (κ2) is 9.33. The van der Waals surface area contributed by atoms with Crippen molar-refractivity contribution in [2.75, 3.05) is 18.4 Å². The average Bonchev–Trinajstić information content (AvgIpc) is 2.63. The number of para-hydroxylation sites is 1. The molecule has 0 aromatic heterocycles. The molecule has 0 fully saturated rings. The number of benzene rings is 2. The molecule has 0 aliphatic heterocycles. The standard InChI is InChI=1S/C20H20FN3O2/c1-15(25)24(12-10-16-6-2-4-8-18(16)21)13-11-20(26)23-19-9-5-3-7-17(19)14-22/h2-9H,10-13H2,1H3,(H,23,26). The molecule has 0 radical (unpaired) electrons. The van der Waals surface area contributed by atoms with Gasteiger partial charge in [-0.05, 0) is 30.2 Å². The summed E-state index contributed by atoms with van der Waals surface area (Å²) in [5.41, 5.74) is 1.36. The van der Waals surface area contributed by atoms with Crippen molar-refractivity contribution in [3.8, 4) is 6.07 Å². The maximum Gasteiger partial charge on any atom is 0.226 e. The lowest BCUT2D eigenvalue weighted by Gasteiger charge is -2.21. The molecule has 0 spiro atoms. The van der Waals surface area contributed by atoms with Crippen LogP contribution in [0.2, 0.25) is 0 Å². The van der Waals surface area contributed by atoms with E-state index in [1.807, 2.05) is 6.07 Å². The van der Waals surface area contributed by atoms with Gasteiger partial charge in [0.1, 0.15) is 11.9 Å². The Labute approximate surface area is 152 Å². The van der Waals surface area contributed by atoms with Gasteiger partial charge in [0, 0.05) is 26.4 Å². The molecule has 2 amide bonds. The number of anilines is 1. The van der Waals surface area contributed by atoms with Crippen LogP contribution in [-0.2, 0) is 16.0 Å². The molecular weight excluding hydrogens is 333 g/mol. The number of nitrogens with one attached hydrogen (secondary N) is 1. The molecule has 0 bridgehead atoms. The molecule has 0 saturated carbocycles. The lowest BCUT2D eigenvalue weighted by molar-refractivity contribution is -0.129. The third kappa shape index (κ3) is 5.42. The molecule has 6 heteroatoms. The number of hydrogen-bond donors (Lipinski definition) is 1. The molecule has 0 heterocycles. The number of halogens is 1. The van der Waals surface area contributed by atoms with Crippen molar-refractivity contribution in [2.24, 2.45) is 0 Å². The molecule has 2 rings (SSSR count). The van der Waals surface area contributed by atoms with Gasteiger partial charge in [0.2, 0.25) is 11.8 Å². The second-order valence-corrected chi connectivity index (χ2v) is 5.80. The first-order chi connectivity index (χ1) is 12.5. The molecule has 0 atom stereocenters. The highest BCUT2D eigenvalue weighted by Crippen LogP contribution is 2.14. The van der Waals surface area contributed by atoms with Crippen molar-refractivity contribution in [1.29, 1.82) is 5.26 Å². The Morgan fingerprint density at radius 3 is 2.50 bits per heavy atom. The molecule has 26 heavy (non-hydrogen) atoms. The third-order valence-electron chi connectivity index (χ3n) is 3.98. The number of carbonyl (C=O) groups is 2. The van der Waals surface area contributed by atoms with Gasteiger partial charge in [-0.2, -0.15) is 5.26 Å². The quantitative estimate of drug-likeness (QED) is 0.831. The molecule has 0 aliphatic rings. The molecular formula is C20H20FN3O2. The summed E-state index contributed by atoms with van der Waals surface area (Å²) in [4.78, 5) is 25.4. The summed E-state index contributed by atoms with van der Waals surface area (Å²) in [5, 5.41) is 11.7. The predicted molar refractivity (Wildman–Crippen MR) is 96.8 cm³/mol. The Kier molecular flexibility index (Phi) is 6.86. The van der Waals surface area contributed by atoms with Crippen molar-refractivity contribution in [2.45, 2.75) is 19.8 Å². The highest BCUT2D eigenvalue weighted by Gasteiger charge is 2.13. The lowest BCUT2D eigenvalue weighted by atomic mass is 10.1. The highest BCUT2D eigenvalue weighted by atomic mass is 19.1. The van der Waals surface area contributed by atoms with Crippen LogP contribution in [0.15, 0.2) is 48.5 Å². The molecule has 0 unspecified atom stereocenters. The van der Waals surface area contributed by atoms with Gasteiger partial charge in [0.25, 0.3) is 0 Å². The monoisotopic (exact) mass is 353 g/mol. The minimum atomic E-state index is -0.304. The van der Waals surface area contributed by atoms with Crippen LogP contribution in [0.4, 0.5) is 10.1 Å². The first-order valence-corrected chi connectivity index (χ1v) is 8.29. The van der Waals surface area contributed by atoms with Gasteiger partial charge in [-0.25, -0.2) is 4.39 Å². The number of nitrogens with zero attached hydrogens (tertiary/aromatic N) is 2. The van der Waals surface area contributed by atoms with Gasteiger partial charge in [-0.3, -0.25) is 9.59 Å². The molecule has 5 nitrogen and oxygen atoms in total. The number of amides is 2. The number of nitriles is 1. The van der Waals surface area contributed by atoms with Crippen molar-refractivity contribution < 1.29 is 14.0 Å². The highest BCUT2D eigenvalue weighted by molar-refractivity contribution is 5.92. The molecule has 134 valence electrons. The topological polar surface area (TPSA) is 73.2 Å². The summed E-state index contributed by atoms with van der Waals surface area (Å²) < 4.78 is 13.7. The zero-order valence-corrected chi connectivity index (χ0v) is 14.5. The minimum absolute atomic E-state index is 0.0939. The van der Waals surface area contributed by atoms with Crippen LogP contribution < -0.4 is 5.32 Å². The Bertz CT molecular complexity index is 830. The van der Waals surface area contributed by atoms with E-state index in [-0.39, 0.29) is 30.6 Å². The zero-order valence-electron chi connectivity index (χ0n) is 14.5. The van der Waals surface area contributed by atoms with Crippen molar-refractivity contribution in [3.63, 3.8) is 0 Å². The summed E-state index contributed by atoms with van der Waals surface area (Å²) in [6.07, 6.45) is 0.474. The van der Waals surface area contributed by atoms with E-state index < -0.39 is 0 Å². The number of hydrogen-bond acceptors (Lipinski definition) is 3. The first-order valence-electron chi connectivity index (χ1n) is 8.29. The average molecular weight is 353 g/mol. The Balaban J connectivity index is 1.90. The van der Waals surface area contributed by atoms with E-state index in [1.165, 1.54) is 17.9 Å². The lowest BCUT2D eigenvalue weighted by Crippen LogP contribution is -2.34. The van der Waals surface area contributed by atoms with E-state index in [4.69, 9.17) is 5.26 Å². The van der Waals surface area contributed by atoms with Gasteiger partial charge in [-0.1, -0.05) is 30.3 Å². The van der Waals surface area contributed by atoms with Gasteiger partial charge < -0.3 is 10.2 Å². The number of carbonyl (C=O) groups excluding carboxylic acids is 2. The minimum Gasteiger partial charge on any atom is -0.342 e. The van der Waals surface area contributed by atoms with Gasteiger partial charge >= 0.3 is 0 Å². The number of rotatable bonds is 7. The van der Waals surface area contributed by atoms with Crippen molar-refractivity contribution in [3.05, 3.63) is 65.5 Å². The van der Waals surface area contributed by atoms with E-state index in [0.29, 0.717) is 29.8 Å². The molecule has 1 N–H and O–H groups in total. The van der Waals surface area contributed by atoms with Crippen molar-refractivity contribution in [1.82, 2.24) is 4.90 Å². The van der Waals surface area contributed by atoms with E-state index in [0.717, 1.165) is 0 Å². The summed E-state index contributed by atoms with van der Waals surface area (Å²) in [6.45, 7) is 1.98. The van der Waals surface area contributed by atoms with Gasteiger partial charge in [-0.15, -0.1) is 0 Å². The van der Waals surface area contributed by atoms with Gasteiger partial charge in [0.05, 0.1) is 11.3 Å². The summed E-state index contributed by atoms with van der Waals surface area (Å²) in [5.74, 6) is -0.765. The van der Waals surface area contributed by atoms with Crippen molar-refractivity contribution >= 4 is 17.5 Å². The Morgan fingerprint density at radius 2 is 1.81 bits per heavy atom. The van der Waals surface area contributed by atoms with Crippen LogP contribution in [0.5, 0.6) is 0 Å². The molecule has 2 aromatic carbocycles. The fraction of sp³-hybridized carbons (Fsp3) is 0.250. The molecule has 0 aliphatic carbocycles. The van der Waals surface area contributed by atoms with Crippen LogP contribution in [0.3, 0.4) is 0 Å². The summed E-state index contributed by atoms with van der Waals surface area (Å²) >= 11 is 0. The molecule has 2 aromatic rings. The normalized spacial score (nSPS) is 10.0. The maximum absolute atomic E-state index is 13.7. The molecule has 0 saturated heterocycles. The smallest absolute Gasteiger partial charge is 0.226 e. The SMILES string of the molecule is CC(=O)N(CCC(=O)Nc1ccccc1C#N)CCc1ccccc1F. The summed E-state index contributed by atoms with van der Waals surface area (Å²) in [6, 6.07) is 15.2. The zero-order chi connectivity index (χ0) is 18.9. The van der Waals surface area contributed by atoms with E-state index >= 15 is 0 Å². The largest absolute Gasteiger partial charge is 0.342 e. The predicted octanol–water partition coefficient (Wildman–Crippen LogP) is 3.12. The van der Waals surface area contributed by atoms with E-state index in [2.05, 4.69) is 5.32 Å².